The van der Waals surface area contributed by atoms with Crippen LogP contribution in [0.15, 0.2) is 24.3 Å². The summed E-state index contributed by atoms with van der Waals surface area (Å²) < 4.78 is 37.4. The molecule has 1 aromatic rings. The molecule has 0 spiro atoms. The highest BCUT2D eigenvalue weighted by Crippen LogP contribution is 2.30. The molecule has 0 aromatic heterocycles. The van der Waals surface area contributed by atoms with Gasteiger partial charge in [-0.05, 0) is 24.3 Å². The minimum atomic E-state index is -4.30. The number of rotatable bonds is 2. The first-order valence-corrected chi connectivity index (χ1v) is 6.63. The zero-order valence-electron chi connectivity index (χ0n) is 10.7. The summed E-state index contributed by atoms with van der Waals surface area (Å²) in [6.45, 7) is 2.54. The van der Waals surface area contributed by atoms with E-state index in [1.165, 1.54) is 12.1 Å². The molecule has 0 aliphatic carbocycles. The van der Waals surface area contributed by atoms with Crippen LogP contribution in [0.3, 0.4) is 0 Å². The lowest BCUT2D eigenvalue weighted by molar-refractivity contribution is -0.137. The maximum Gasteiger partial charge on any atom is 0.416 e. The summed E-state index contributed by atoms with van der Waals surface area (Å²) in [5.41, 5.74) is 0.133. The van der Waals surface area contributed by atoms with Gasteiger partial charge in [0.2, 0.25) is 0 Å². The van der Waals surface area contributed by atoms with Crippen LogP contribution in [0.4, 0.5) is 18.9 Å². The number of thiocarbonyl (C=S) groups is 1. The van der Waals surface area contributed by atoms with Crippen molar-refractivity contribution in [2.45, 2.75) is 6.18 Å². The highest BCUT2D eigenvalue weighted by molar-refractivity contribution is 7.80. The zero-order chi connectivity index (χ0) is 14.8. The Hall–Kier alpha value is -1.34. The van der Waals surface area contributed by atoms with Crippen LogP contribution in [0.25, 0.3) is 0 Å². The number of alkyl halides is 3. The van der Waals surface area contributed by atoms with Crippen LogP contribution < -0.4 is 4.90 Å². The molecule has 0 radical (unpaired) electrons. The minimum Gasteiger partial charge on any atom is -0.389 e. The topological polar surface area (TPSA) is 26.7 Å². The number of aliphatic hydroxyl groups is 1. The lowest BCUT2D eigenvalue weighted by Crippen LogP contribution is -2.49. The summed E-state index contributed by atoms with van der Waals surface area (Å²) in [5, 5.41) is 8.97. The SMILES string of the molecule is OCC(=S)N1CCN(c2ccc(C(F)(F)F)cc2)CC1. The van der Waals surface area contributed by atoms with E-state index in [-0.39, 0.29) is 6.61 Å². The Morgan fingerprint density at radius 3 is 2.10 bits per heavy atom. The number of aliphatic hydroxyl groups excluding tert-OH is 1. The number of piperazine rings is 1. The van der Waals surface area contributed by atoms with Gasteiger partial charge >= 0.3 is 6.18 Å². The molecular formula is C13H15F3N2OS. The third-order valence-electron chi connectivity index (χ3n) is 3.33. The van der Waals surface area contributed by atoms with Crippen molar-refractivity contribution < 1.29 is 18.3 Å². The van der Waals surface area contributed by atoms with E-state index in [0.29, 0.717) is 31.2 Å². The predicted molar refractivity (Wildman–Crippen MR) is 74.9 cm³/mol. The monoisotopic (exact) mass is 304 g/mol. The Labute approximate surface area is 120 Å². The van der Waals surface area contributed by atoms with Crippen molar-refractivity contribution in [2.24, 2.45) is 0 Å². The average Bonchev–Trinajstić information content (AvgIpc) is 2.46. The third-order valence-corrected chi connectivity index (χ3v) is 3.71. The van der Waals surface area contributed by atoms with Gasteiger partial charge in [0.05, 0.1) is 12.2 Å². The van der Waals surface area contributed by atoms with Gasteiger partial charge in [-0.1, -0.05) is 12.2 Å². The first kappa shape index (κ1) is 15.1. The van der Waals surface area contributed by atoms with E-state index in [0.717, 1.165) is 17.8 Å². The van der Waals surface area contributed by atoms with Crippen molar-refractivity contribution in [3.8, 4) is 0 Å². The summed E-state index contributed by atoms with van der Waals surface area (Å²) in [4.78, 5) is 4.43. The van der Waals surface area contributed by atoms with Crippen molar-refractivity contribution in [3.63, 3.8) is 0 Å². The van der Waals surface area contributed by atoms with Crippen molar-refractivity contribution in [3.05, 3.63) is 29.8 Å². The van der Waals surface area contributed by atoms with E-state index in [4.69, 9.17) is 17.3 Å². The molecule has 1 aromatic carbocycles. The van der Waals surface area contributed by atoms with Crippen LogP contribution >= 0.6 is 12.2 Å². The van der Waals surface area contributed by atoms with Gasteiger partial charge in [-0.25, -0.2) is 0 Å². The van der Waals surface area contributed by atoms with Crippen molar-refractivity contribution in [1.29, 1.82) is 0 Å². The third kappa shape index (κ3) is 3.40. The lowest BCUT2D eigenvalue weighted by Gasteiger charge is -2.37. The number of anilines is 1. The van der Waals surface area contributed by atoms with Crippen LogP contribution in [-0.4, -0.2) is 47.8 Å². The Kier molecular flexibility index (Phi) is 4.49. The number of hydrogen-bond acceptors (Lipinski definition) is 3. The molecule has 1 aliphatic rings. The van der Waals surface area contributed by atoms with E-state index in [1.54, 1.807) is 0 Å². The largest absolute Gasteiger partial charge is 0.416 e. The van der Waals surface area contributed by atoms with E-state index < -0.39 is 11.7 Å². The molecule has 0 saturated carbocycles. The van der Waals surface area contributed by atoms with Gasteiger partial charge in [0, 0.05) is 31.9 Å². The lowest BCUT2D eigenvalue weighted by atomic mass is 10.1. The fraction of sp³-hybridized carbons (Fsp3) is 0.462. The molecule has 0 unspecified atom stereocenters. The van der Waals surface area contributed by atoms with Crippen molar-refractivity contribution in [1.82, 2.24) is 4.90 Å². The quantitative estimate of drug-likeness (QED) is 0.847. The standard InChI is InChI=1S/C13H15F3N2OS/c14-13(15,16)10-1-3-11(4-2-10)17-5-7-18(8-6-17)12(20)9-19/h1-4,19H,5-9H2. The number of nitrogens with zero attached hydrogens (tertiary/aromatic N) is 2. The zero-order valence-corrected chi connectivity index (χ0v) is 11.5. The molecule has 0 amide bonds. The fourth-order valence-electron chi connectivity index (χ4n) is 2.18. The molecule has 1 N–H and O–H groups in total. The minimum absolute atomic E-state index is 0.143. The summed E-state index contributed by atoms with van der Waals surface area (Å²) >= 11 is 5.02. The first-order chi connectivity index (χ1) is 9.41. The van der Waals surface area contributed by atoms with Crippen LogP contribution in [0.5, 0.6) is 0 Å². The smallest absolute Gasteiger partial charge is 0.389 e. The molecule has 1 saturated heterocycles. The molecule has 110 valence electrons. The van der Waals surface area contributed by atoms with Crippen molar-refractivity contribution in [2.75, 3.05) is 37.7 Å². The van der Waals surface area contributed by atoms with E-state index >= 15 is 0 Å². The summed E-state index contributed by atoms with van der Waals surface area (Å²) in [7, 11) is 0. The van der Waals surface area contributed by atoms with Crippen LogP contribution in [0.2, 0.25) is 0 Å². The van der Waals surface area contributed by atoms with Gasteiger partial charge in [0.25, 0.3) is 0 Å². The molecule has 1 fully saturated rings. The molecule has 0 atom stereocenters. The highest BCUT2D eigenvalue weighted by Gasteiger charge is 2.30. The number of halogens is 3. The molecule has 3 nitrogen and oxygen atoms in total. The van der Waals surface area contributed by atoms with E-state index in [9.17, 15) is 13.2 Å². The Morgan fingerprint density at radius 1 is 1.10 bits per heavy atom. The molecular weight excluding hydrogens is 289 g/mol. The molecule has 1 heterocycles. The number of benzene rings is 1. The van der Waals surface area contributed by atoms with Gasteiger partial charge in [-0.2, -0.15) is 13.2 Å². The normalized spacial score (nSPS) is 16.4. The van der Waals surface area contributed by atoms with Gasteiger partial charge in [0.15, 0.2) is 0 Å². The molecule has 0 bridgehead atoms. The molecule has 20 heavy (non-hydrogen) atoms. The molecule has 1 aliphatic heterocycles. The van der Waals surface area contributed by atoms with E-state index in [2.05, 4.69) is 0 Å². The average molecular weight is 304 g/mol. The summed E-state index contributed by atoms with van der Waals surface area (Å²) in [5.74, 6) is 0. The van der Waals surface area contributed by atoms with E-state index in [1.807, 2.05) is 9.80 Å². The second kappa shape index (κ2) is 5.97. The maximum absolute atomic E-state index is 12.5. The summed E-state index contributed by atoms with van der Waals surface area (Å²) in [6.07, 6.45) is -4.30. The van der Waals surface area contributed by atoms with Crippen LogP contribution in [-0.2, 0) is 6.18 Å². The summed E-state index contributed by atoms with van der Waals surface area (Å²) in [6, 6.07) is 5.17. The van der Waals surface area contributed by atoms with Gasteiger partial charge in [-0.15, -0.1) is 0 Å². The maximum atomic E-state index is 12.5. The molecule has 7 heteroatoms. The van der Waals surface area contributed by atoms with Gasteiger partial charge < -0.3 is 14.9 Å². The fourth-order valence-corrected chi connectivity index (χ4v) is 2.36. The van der Waals surface area contributed by atoms with Crippen LogP contribution in [0.1, 0.15) is 5.56 Å². The second-order valence-electron chi connectivity index (χ2n) is 4.57. The van der Waals surface area contributed by atoms with Gasteiger partial charge in [-0.3, -0.25) is 0 Å². The Bertz CT molecular complexity index is 467. The first-order valence-electron chi connectivity index (χ1n) is 6.22. The van der Waals surface area contributed by atoms with Gasteiger partial charge in [0.1, 0.15) is 4.99 Å². The van der Waals surface area contributed by atoms with Crippen LogP contribution in [0, 0.1) is 0 Å². The highest BCUT2D eigenvalue weighted by atomic mass is 32.1. The Balaban J connectivity index is 1.99. The second-order valence-corrected chi connectivity index (χ2v) is 5.04. The number of hydrogen-bond donors (Lipinski definition) is 1. The van der Waals surface area contributed by atoms with Crippen molar-refractivity contribution >= 4 is 22.9 Å². The molecule has 2 rings (SSSR count). The Morgan fingerprint density at radius 2 is 1.65 bits per heavy atom. The predicted octanol–water partition coefficient (Wildman–Crippen LogP) is 2.15.